The lowest BCUT2D eigenvalue weighted by Crippen LogP contribution is -2.35. The van der Waals surface area contributed by atoms with E-state index in [2.05, 4.69) is 0 Å². The highest BCUT2D eigenvalue weighted by Crippen LogP contribution is 2.28. The van der Waals surface area contributed by atoms with Crippen molar-refractivity contribution in [3.05, 3.63) is 0 Å². The molecule has 0 radical (unpaired) electrons. The third-order valence-corrected chi connectivity index (χ3v) is 1.66. The van der Waals surface area contributed by atoms with E-state index in [1.165, 1.54) is 0 Å². The summed E-state index contributed by atoms with van der Waals surface area (Å²) in [5.74, 6) is 0.0456. The van der Waals surface area contributed by atoms with Crippen LogP contribution in [0.5, 0.6) is 0 Å². The number of hydrogen-bond donors (Lipinski definition) is 2. The summed E-state index contributed by atoms with van der Waals surface area (Å²) in [6, 6.07) is -0.867. The van der Waals surface area contributed by atoms with Crippen LogP contribution >= 0.6 is 12.4 Å². The van der Waals surface area contributed by atoms with Gasteiger partial charge in [0.15, 0.2) is 0 Å². The van der Waals surface area contributed by atoms with Crippen molar-refractivity contribution in [3.63, 3.8) is 0 Å². The molecule has 0 saturated heterocycles. The summed E-state index contributed by atoms with van der Waals surface area (Å²) in [6.45, 7) is 0.121. The summed E-state index contributed by atoms with van der Waals surface area (Å²) in [6.07, 6.45) is 2.28. The van der Waals surface area contributed by atoms with Gasteiger partial charge in [0, 0.05) is 0 Å². The number of carbonyl (C=O) groups excluding carboxylic acids is 1. The fourth-order valence-corrected chi connectivity index (χ4v) is 0.666. The van der Waals surface area contributed by atoms with Gasteiger partial charge in [-0.2, -0.15) is 0 Å². The van der Waals surface area contributed by atoms with Crippen LogP contribution in [0.1, 0.15) is 12.8 Å². The molecular weight excluding hydrogens is 182 g/mol. The molecule has 1 aliphatic carbocycles. The molecule has 0 amide bonds. The molecule has 5 heteroatoms. The average molecular weight is 196 g/mol. The lowest BCUT2D eigenvalue weighted by Gasteiger charge is -2.07. The molecule has 0 unspecified atom stereocenters. The molecule has 1 atom stereocenters. The first kappa shape index (κ1) is 11.7. The summed E-state index contributed by atoms with van der Waals surface area (Å²) in [7, 11) is 0. The Labute approximate surface area is 77.5 Å². The fraction of sp³-hybridized carbons (Fsp3) is 0.857. The molecule has 1 fully saturated rings. The predicted molar refractivity (Wildman–Crippen MR) is 46.0 cm³/mol. The maximum Gasteiger partial charge on any atom is 0.325 e. The third-order valence-electron chi connectivity index (χ3n) is 1.66. The molecule has 0 aromatic carbocycles. The Morgan fingerprint density at radius 2 is 2.25 bits per heavy atom. The molecule has 0 bridgehead atoms. The molecule has 1 rings (SSSR count). The first-order valence-corrected chi connectivity index (χ1v) is 3.77. The summed E-state index contributed by atoms with van der Waals surface area (Å²) < 4.78 is 4.79. The number of hydrogen-bond acceptors (Lipinski definition) is 4. The molecule has 0 spiro atoms. The van der Waals surface area contributed by atoms with Crippen LogP contribution in [0.15, 0.2) is 0 Å². The van der Waals surface area contributed by atoms with Gasteiger partial charge in [-0.05, 0) is 18.8 Å². The summed E-state index contributed by atoms with van der Waals surface area (Å²) in [5.41, 5.74) is 5.20. The van der Waals surface area contributed by atoms with Gasteiger partial charge in [-0.1, -0.05) is 0 Å². The minimum Gasteiger partial charge on any atom is -0.464 e. The van der Waals surface area contributed by atoms with Gasteiger partial charge in [-0.3, -0.25) is 4.79 Å². The number of ether oxygens (including phenoxy) is 1. The molecule has 0 aromatic rings. The Morgan fingerprint density at radius 3 is 2.67 bits per heavy atom. The van der Waals surface area contributed by atoms with Gasteiger partial charge in [0.05, 0.1) is 13.2 Å². The van der Waals surface area contributed by atoms with Crippen molar-refractivity contribution < 1.29 is 14.6 Å². The van der Waals surface area contributed by atoms with Crippen molar-refractivity contribution >= 4 is 18.4 Å². The molecule has 4 nitrogen and oxygen atoms in total. The summed E-state index contributed by atoms with van der Waals surface area (Å²) in [4.78, 5) is 10.8. The molecule has 0 aliphatic heterocycles. The van der Waals surface area contributed by atoms with Gasteiger partial charge in [0.2, 0.25) is 0 Å². The zero-order valence-electron chi connectivity index (χ0n) is 6.73. The highest BCUT2D eigenvalue weighted by atomic mass is 35.5. The molecular formula is C7H14ClNO3. The van der Waals surface area contributed by atoms with Crippen LogP contribution in [0.4, 0.5) is 0 Å². The topological polar surface area (TPSA) is 72.5 Å². The van der Waals surface area contributed by atoms with Crippen LogP contribution in [-0.2, 0) is 9.53 Å². The van der Waals surface area contributed by atoms with E-state index in [4.69, 9.17) is 15.6 Å². The number of nitrogens with two attached hydrogens (primary N) is 1. The Kier molecular flexibility index (Phi) is 5.20. The highest BCUT2D eigenvalue weighted by molar-refractivity contribution is 5.85. The molecule has 3 N–H and O–H groups in total. The highest BCUT2D eigenvalue weighted by Gasteiger charge is 2.24. The Hall–Kier alpha value is -0.320. The zero-order valence-corrected chi connectivity index (χ0v) is 7.55. The Bertz CT molecular complexity index is 150. The summed E-state index contributed by atoms with van der Waals surface area (Å²) >= 11 is 0. The molecule has 1 aliphatic rings. The van der Waals surface area contributed by atoms with E-state index >= 15 is 0 Å². The first-order chi connectivity index (χ1) is 5.24. The summed E-state index contributed by atoms with van der Waals surface area (Å²) in [5, 5.41) is 8.46. The lowest BCUT2D eigenvalue weighted by atomic mass is 10.3. The van der Waals surface area contributed by atoms with E-state index < -0.39 is 12.0 Å². The normalized spacial score (nSPS) is 17.8. The minimum atomic E-state index is -0.867. The van der Waals surface area contributed by atoms with Gasteiger partial charge in [0.1, 0.15) is 6.04 Å². The van der Waals surface area contributed by atoms with Crippen molar-refractivity contribution in [2.45, 2.75) is 18.9 Å². The van der Waals surface area contributed by atoms with Gasteiger partial charge in [-0.15, -0.1) is 12.4 Å². The van der Waals surface area contributed by atoms with Crippen molar-refractivity contribution in [3.8, 4) is 0 Å². The molecule has 12 heavy (non-hydrogen) atoms. The Balaban J connectivity index is 0.00000121. The minimum absolute atomic E-state index is 0. The second-order valence-corrected chi connectivity index (χ2v) is 2.86. The molecule has 1 saturated carbocycles. The lowest BCUT2D eigenvalue weighted by molar-refractivity contribution is -0.146. The number of aliphatic hydroxyl groups is 1. The van der Waals surface area contributed by atoms with E-state index in [-0.39, 0.29) is 19.0 Å². The van der Waals surface area contributed by atoms with Crippen LogP contribution < -0.4 is 5.73 Å². The second-order valence-electron chi connectivity index (χ2n) is 2.86. The maximum atomic E-state index is 10.8. The monoisotopic (exact) mass is 195 g/mol. The first-order valence-electron chi connectivity index (χ1n) is 3.77. The fourth-order valence-electron chi connectivity index (χ4n) is 0.666. The predicted octanol–water partition coefficient (Wildman–Crippen LogP) is -0.319. The van der Waals surface area contributed by atoms with Crippen molar-refractivity contribution in [2.24, 2.45) is 11.7 Å². The van der Waals surface area contributed by atoms with E-state index in [1.54, 1.807) is 0 Å². The quantitative estimate of drug-likeness (QED) is 0.604. The van der Waals surface area contributed by atoms with Crippen molar-refractivity contribution in [2.75, 3.05) is 13.2 Å². The average Bonchev–Trinajstić information content (AvgIpc) is 2.81. The standard InChI is InChI=1S/C7H13NO3.ClH/c8-6(3-9)7(10)11-4-5-1-2-5;/h5-6,9H,1-4,8H2;1H/t6-;/m1./s1. The van der Waals surface area contributed by atoms with Crippen molar-refractivity contribution in [1.29, 1.82) is 0 Å². The van der Waals surface area contributed by atoms with Gasteiger partial charge < -0.3 is 15.6 Å². The molecule has 0 heterocycles. The zero-order chi connectivity index (χ0) is 8.27. The number of esters is 1. The smallest absolute Gasteiger partial charge is 0.325 e. The number of rotatable bonds is 4. The van der Waals surface area contributed by atoms with Crippen molar-refractivity contribution in [1.82, 2.24) is 0 Å². The van der Waals surface area contributed by atoms with Crippen LogP contribution in [0, 0.1) is 5.92 Å². The molecule has 0 aromatic heterocycles. The number of halogens is 1. The van der Waals surface area contributed by atoms with Gasteiger partial charge in [-0.25, -0.2) is 0 Å². The number of carbonyl (C=O) groups is 1. The van der Waals surface area contributed by atoms with Gasteiger partial charge >= 0.3 is 5.97 Å². The third kappa shape index (κ3) is 3.90. The van der Waals surface area contributed by atoms with E-state index in [0.29, 0.717) is 12.5 Å². The van der Waals surface area contributed by atoms with Crippen LogP contribution in [0.25, 0.3) is 0 Å². The SMILES string of the molecule is Cl.N[C@H](CO)C(=O)OCC1CC1. The largest absolute Gasteiger partial charge is 0.464 e. The maximum absolute atomic E-state index is 10.8. The van der Waals surface area contributed by atoms with Gasteiger partial charge in [0.25, 0.3) is 0 Å². The van der Waals surface area contributed by atoms with Crippen LogP contribution in [0.3, 0.4) is 0 Å². The van der Waals surface area contributed by atoms with Crippen LogP contribution in [-0.4, -0.2) is 30.3 Å². The Morgan fingerprint density at radius 1 is 1.67 bits per heavy atom. The van der Waals surface area contributed by atoms with E-state index in [0.717, 1.165) is 12.8 Å². The number of aliphatic hydroxyl groups excluding tert-OH is 1. The molecule has 72 valence electrons. The van der Waals surface area contributed by atoms with Crippen LogP contribution in [0.2, 0.25) is 0 Å². The van der Waals surface area contributed by atoms with E-state index in [9.17, 15) is 4.79 Å². The second kappa shape index (κ2) is 5.35. The van der Waals surface area contributed by atoms with E-state index in [1.807, 2.05) is 0 Å².